The second-order valence-corrected chi connectivity index (χ2v) is 5.88. The third-order valence-corrected chi connectivity index (χ3v) is 4.17. The molecule has 0 heterocycles. The molecule has 104 valence electrons. The van der Waals surface area contributed by atoms with E-state index in [1.54, 1.807) is 12.1 Å². The molecule has 1 nitrogen and oxygen atoms in total. The molecule has 20 heavy (non-hydrogen) atoms. The van der Waals surface area contributed by atoms with Gasteiger partial charge in [0.15, 0.2) is 5.78 Å². The number of ketones is 1. The van der Waals surface area contributed by atoms with Gasteiger partial charge in [-0.1, -0.05) is 50.2 Å². The van der Waals surface area contributed by atoms with Crippen LogP contribution in [0.2, 0.25) is 0 Å². The van der Waals surface area contributed by atoms with Crippen LogP contribution in [0.4, 0.5) is 4.39 Å². The molecule has 0 N–H and O–H groups in total. The lowest BCUT2D eigenvalue weighted by Crippen LogP contribution is -2.05. The van der Waals surface area contributed by atoms with Crippen LogP contribution in [-0.4, -0.2) is 5.78 Å². The zero-order valence-electron chi connectivity index (χ0n) is 11.5. The van der Waals surface area contributed by atoms with Crippen molar-refractivity contribution in [2.24, 2.45) is 0 Å². The van der Waals surface area contributed by atoms with Crippen LogP contribution in [0.15, 0.2) is 46.9 Å². The molecule has 0 saturated carbocycles. The summed E-state index contributed by atoms with van der Waals surface area (Å²) in [5, 5.41) is 0. The molecule has 0 saturated heterocycles. The van der Waals surface area contributed by atoms with Crippen LogP contribution in [0.5, 0.6) is 0 Å². The van der Waals surface area contributed by atoms with Crippen LogP contribution in [-0.2, 0) is 6.42 Å². The third kappa shape index (κ3) is 3.34. The molecule has 0 amide bonds. The Balaban J connectivity index is 2.18. The van der Waals surface area contributed by atoms with Crippen molar-refractivity contribution < 1.29 is 9.18 Å². The highest BCUT2D eigenvalue weighted by Crippen LogP contribution is 2.22. The number of Topliss-reactive ketones (excluding diaryl/α,β-unsaturated/α-hetero) is 1. The molecule has 2 aromatic rings. The van der Waals surface area contributed by atoms with Gasteiger partial charge in [-0.15, -0.1) is 0 Å². The van der Waals surface area contributed by atoms with Gasteiger partial charge in [-0.3, -0.25) is 4.79 Å². The van der Waals surface area contributed by atoms with Gasteiger partial charge in [0.2, 0.25) is 0 Å². The third-order valence-electron chi connectivity index (χ3n) is 3.28. The van der Waals surface area contributed by atoms with Crippen molar-refractivity contribution in [3.8, 4) is 0 Å². The first-order valence-corrected chi connectivity index (χ1v) is 7.34. The molecular formula is C17H16BrFO. The number of benzene rings is 2. The van der Waals surface area contributed by atoms with E-state index >= 15 is 0 Å². The Hall–Kier alpha value is -1.48. The van der Waals surface area contributed by atoms with Crippen molar-refractivity contribution >= 4 is 21.7 Å². The van der Waals surface area contributed by atoms with Crippen molar-refractivity contribution in [1.29, 1.82) is 0 Å². The standard InChI is InChI=1S/C17H16BrFO/c1-11(2)12-6-8-13(9-7-12)16(20)10-14-4-3-5-15(19)17(14)18/h3-9,11H,10H2,1-2H3. The molecule has 2 aromatic carbocycles. The van der Waals surface area contributed by atoms with Crippen molar-refractivity contribution in [2.75, 3.05) is 0 Å². The Labute approximate surface area is 127 Å². The van der Waals surface area contributed by atoms with E-state index in [0.29, 0.717) is 21.5 Å². The minimum Gasteiger partial charge on any atom is -0.294 e. The lowest BCUT2D eigenvalue weighted by atomic mass is 9.98. The molecule has 0 aliphatic heterocycles. The molecule has 0 fully saturated rings. The average molecular weight is 335 g/mol. The Morgan fingerprint density at radius 2 is 1.80 bits per heavy atom. The fourth-order valence-corrected chi connectivity index (χ4v) is 2.42. The Morgan fingerprint density at radius 3 is 2.40 bits per heavy atom. The highest BCUT2D eigenvalue weighted by atomic mass is 79.9. The Morgan fingerprint density at radius 1 is 1.15 bits per heavy atom. The maximum absolute atomic E-state index is 13.4. The minimum atomic E-state index is -0.342. The summed E-state index contributed by atoms with van der Waals surface area (Å²) in [5.41, 5.74) is 2.53. The average Bonchev–Trinajstić information content (AvgIpc) is 2.44. The lowest BCUT2D eigenvalue weighted by Gasteiger charge is -2.07. The summed E-state index contributed by atoms with van der Waals surface area (Å²) in [6.07, 6.45) is 0.194. The SMILES string of the molecule is CC(C)c1ccc(C(=O)Cc2cccc(F)c2Br)cc1. The van der Waals surface area contributed by atoms with Crippen molar-refractivity contribution in [3.63, 3.8) is 0 Å². The number of carbonyl (C=O) groups excluding carboxylic acids is 1. The first kappa shape index (κ1) is 14.9. The van der Waals surface area contributed by atoms with E-state index < -0.39 is 0 Å². The summed E-state index contributed by atoms with van der Waals surface area (Å²) < 4.78 is 13.8. The van der Waals surface area contributed by atoms with Gasteiger partial charge in [0.25, 0.3) is 0 Å². The summed E-state index contributed by atoms with van der Waals surface area (Å²) >= 11 is 3.18. The van der Waals surface area contributed by atoms with Gasteiger partial charge in [0.05, 0.1) is 4.47 Å². The fraction of sp³-hybridized carbons (Fsp3) is 0.235. The van der Waals surface area contributed by atoms with Crippen LogP contribution in [0.3, 0.4) is 0 Å². The smallest absolute Gasteiger partial charge is 0.167 e. The van der Waals surface area contributed by atoms with Crippen LogP contribution in [0.25, 0.3) is 0 Å². The van der Waals surface area contributed by atoms with E-state index in [2.05, 4.69) is 29.8 Å². The normalized spacial score (nSPS) is 10.8. The second kappa shape index (κ2) is 6.31. The molecule has 3 heteroatoms. The number of hydrogen-bond acceptors (Lipinski definition) is 1. The van der Waals surface area contributed by atoms with Crippen molar-refractivity contribution in [1.82, 2.24) is 0 Å². The first-order chi connectivity index (χ1) is 9.49. The quantitative estimate of drug-likeness (QED) is 0.707. The highest BCUT2D eigenvalue weighted by molar-refractivity contribution is 9.10. The van der Waals surface area contributed by atoms with Crippen LogP contribution >= 0.6 is 15.9 Å². The summed E-state index contributed by atoms with van der Waals surface area (Å²) in [5.74, 6) is 0.0913. The maximum atomic E-state index is 13.4. The van der Waals surface area contributed by atoms with E-state index in [0.717, 1.165) is 0 Å². The zero-order valence-corrected chi connectivity index (χ0v) is 13.1. The fourth-order valence-electron chi connectivity index (χ4n) is 2.01. The molecule has 0 aliphatic carbocycles. The molecule has 0 bridgehead atoms. The second-order valence-electron chi connectivity index (χ2n) is 5.09. The lowest BCUT2D eigenvalue weighted by molar-refractivity contribution is 0.0992. The molecule has 2 rings (SSSR count). The highest BCUT2D eigenvalue weighted by Gasteiger charge is 2.12. The Kier molecular flexibility index (Phi) is 4.71. The van der Waals surface area contributed by atoms with Gasteiger partial charge in [0, 0.05) is 12.0 Å². The number of halogens is 2. The number of carbonyl (C=O) groups is 1. The van der Waals surface area contributed by atoms with Crippen LogP contribution in [0.1, 0.15) is 41.3 Å². The minimum absolute atomic E-state index is 0.00777. The van der Waals surface area contributed by atoms with Crippen molar-refractivity contribution in [2.45, 2.75) is 26.2 Å². The molecule has 0 aliphatic rings. The predicted octanol–water partition coefficient (Wildman–Crippen LogP) is 5.14. The summed E-state index contributed by atoms with van der Waals surface area (Å²) in [6, 6.07) is 12.4. The van der Waals surface area contributed by atoms with Gasteiger partial charge < -0.3 is 0 Å². The molecular weight excluding hydrogens is 319 g/mol. The Bertz CT molecular complexity index is 617. The summed E-state index contributed by atoms with van der Waals surface area (Å²) in [7, 11) is 0. The van der Waals surface area contributed by atoms with Crippen molar-refractivity contribution in [3.05, 3.63) is 69.4 Å². The first-order valence-electron chi connectivity index (χ1n) is 6.55. The van der Waals surface area contributed by atoms with Crippen LogP contribution < -0.4 is 0 Å². The maximum Gasteiger partial charge on any atom is 0.167 e. The topological polar surface area (TPSA) is 17.1 Å². The van der Waals surface area contributed by atoms with Gasteiger partial charge >= 0.3 is 0 Å². The largest absolute Gasteiger partial charge is 0.294 e. The zero-order chi connectivity index (χ0) is 14.7. The van der Waals surface area contributed by atoms with E-state index in [-0.39, 0.29) is 18.0 Å². The van der Waals surface area contributed by atoms with Gasteiger partial charge in [-0.2, -0.15) is 0 Å². The van der Waals surface area contributed by atoms with E-state index in [9.17, 15) is 9.18 Å². The van der Waals surface area contributed by atoms with Gasteiger partial charge in [-0.05, 0) is 39.0 Å². The molecule has 0 atom stereocenters. The summed E-state index contributed by atoms with van der Waals surface area (Å²) in [4.78, 5) is 12.2. The molecule has 0 spiro atoms. The number of hydrogen-bond donors (Lipinski definition) is 0. The van der Waals surface area contributed by atoms with Gasteiger partial charge in [0.1, 0.15) is 5.82 Å². The molecule has 0 aromatic heterocycles. The molecule has 0 radical (unpaired) electrons. The predicted molar refractivity (Wildman–Crippen MR) is 82.7 cm³/mol. The number of rotatable bonds is 4. The van der Waals surface area contributed by atoms with Gasteiger partial charge in [-0.25, -0.2) is 4.39 Å². The molecule has 0 unspecified atom stereocenters. The summed E-state index contributed by atoms with van der Waals surface area (Å²) in [6.45, 7) is 4.22. The monoisotopic (exact) mass is 334 g/mol. The van der Waals surface area contributed by atoms with E-state index in [1.165, 1.54) is 11.6 Å². The van der Waals surface area contributed by atoms with Crippen LogP contribution in [0, 0.1) is 5.82 Å². The van der Waals surface area contributed by atoms with E-state index in [4.69, 9.17) is 0 Å². The van der Waals surface area contributed by atoms with E-state index in [1.807, 2.05) is 24.3 Å².